The summed E-state index contributed by atoms with van der Waals surface area (Å²) in [5.74, 6) is -2.27. The fourth-order valence-corrected chi connectivity index (χ4v) is 5.90. The summed E-state index contributed by atoms with van der Waals surface area (Å²) in [4.78, 5) is 17.9. The Kier molecular flexibility index (Phi) is 8.53. The summed E-state index contributed by atoms with van der Waals surface area (Å²) in [6, 6.07) is 10.4. The molecule has 0 saturated carbocycles. The molecule has 5 atom stereocenters. The first-order valence-corrected chi connectivity index (χ1v) is 12.4. The Hall–Kier alpha value is -1.73. The second-order valence-electron chi connectivity index (χ2n) is 10.2. The van der Waals surface area contributed by atoms with Crippen molar-refractivity contribution in [3.8, 4) is 0 Å². The number of rotatable bonds is 4. The van der Waals surface area contributed by atoms with Gasteiger partial charge < -0.3 is 10.0 Å². The Bertz CT molecular complexity index is 1050. The lowest BCUT2D eigenvalue weighted by atomic mass is 9.72. The maximum absolute atomic E-state index is 14.8. The zero-order valence-electron chi connectivity index (χ0n) is 20.5. The number of hydrogen-bond donors (Lipinski definition) is 1. The van der Waals surface area contributed by atoms with Gasteiger partial charge in [-0.15, -0.1) is 12.4 Å². The van der Waals surface area contributed by atoms with E-state index in [9.17, 15) is 18.7 Å². The molecule has 2 aromatic rings. The van der Waals surface area contributed by atoms with Gasteiger partial charge in [0.1, 0.15) is 17.2 Å². The van der Waals surface area contributed by atoms with E-state index in [0.29, 0.717) is 36.6 Å². The van der Waals surface area contributed by atoms with Crippen molar-refractivity contribution >= 4 is 29.9 Å². The molecule has 2 saturated heterocycles. The Morgan fingerprint density at radius 3 is 2.37 bits per heavy atom. The zero-order valence-corrected chi connectivity index (χ0v) is 22.1. The van der Waals surface area contributed by atoms with Gasteiger partial charge in [-0.3, -0.25) is 9.69 Å². The molecule has 4 nitrogen and oxygen atoms in total. The number of piperidine rings is 1. The van der Waals surface area contributed by atoms with Crippen LogP contribution in [0.2, 0.25) is 5.02 Å². The maximum atomic E-state index is 14.8. The molecule has 0 aromatic heterocycles. The maximum Gasteiger partial charge on any atom is 0.228 e. The first-order valence-electron chi connectivity index (χ1n) is 12.0. The predicted molar refractivity (Wildman–Crippen MR) is 137 cm³/mol. The highest BCUT2D eigenvalue weighted by atomic mass is 35.5. The predicted octanol–water partition coefficient (Wildman–Crippen LogP) is 5.61. The summed E-state index contributed by atoms with van der Waals surface area (Å²) in [7, 11) is 0. The highest BCUT2D eigenvalue weighted by molar-refractivity contribution is 6.30. The Morgan fingerprint density at radius 1 is 1.11 bits per heavy atom. The highest BCUT2D eigenvalue weighted by Crippen LogP contribution is 2.44. The van der Waals surface area contributed by atoms with Crippen LogP contribution in [0.3, 0.4) is 0 Å². The normalized spacial score (nSPS) is 29.3. The number of aliphatic hydroxyl groups is 1. The minimum absolute atomic E-state index is 0. The number of amides is 1. The van der Waals surface area contributed by atoms with E-state index in [1.807, 2.05) is 26.0 Å². The molecule has 2 fully saturated rings. The van der Waals surface area contributed by atoms with Crippen LogP contribution in [-0.2, 0) is 10.4 Å². The number of halogens is 4. The molecule has 0 unspecified atom stereocenters. The van der Waals surface area contributed by atoms with E-state index in [2.05, 4.69) is 18.7 Å². The fraction of sp³-hybridized carbons (Fsp3) is 0.519. The molecular formula is C27H34Cl2F2N2O2. The summed E-state index contributed by atoms with van der Waals surface area (Å²) in [5, 5.41) is 12.5. The third kappa shape index (κ3) is 5.08. The molecule has 8 heteroatoms. The minimum Gasteiger partial charge on any atom is -0.383 e. The summed E-state index contributed by atoms with van der Waals surface area (Å²) >= 11 is 6.07. The van der Waals surface area contributed by atoms with Gasteiger partial charge in [0.2, 0.25) is 5.91 Å². The third-order valence-electron chi connectivity index (χ3n) is 8.01. The monoisotopic (exact) mass is 526 g/mol. The SMILES string of the molecule is CC(C)N1C[C@@H](C(=O)N2CC[C@H](C)[C@@](O)(c3ccc(Cl)cc3)[C@@H]2C)[C@H](c2ccc(F)cc2F)C1.Cl. The number of carbonyl (C=O) groups is 1. The quantitative estimate of drug-likeness (QED) is 0.563. The van der Waals surface area contributed by atoms with Crippen LogP contribution < -0.4 is 0 Å². The smallest absolute Gasteiger partial charge is 0.228 e. The van der Waals surface area contributed by atoms with Gasteiger partial charge in [-0.1, -0.05) is 36.7 Å². The summed E-state index contributed by atoms with van der Waals surface area (Å²) < 4.78 is 28.4. The van der Waals surface area contributed by atoms with E-state index in [-0.39, 0.29) is 36.2 Å². The molecule has 1 amide bonds. The number of hydrogen-bond acceptors (Lipinski definition) is 3. The molecule has 192 valence electrons. The van der Waals surface area contributed by atoms with Crippen LogP contribution in [0.15, 0.2) is 42.5 Å². The lowest BCUT2D eigenvalue weighted by Crippen LogP contribution is -2.60. The summed E-state index contributed by atoms with van der Waals surface area (Å²) in [6.45, 7) is 9.52. The number of carbonyl (C=O) groups excluding carboxylic acids is 1. The van der Waals surface area contributed by atoms with Crippen molar-refractivity contribution < 1.29 is 18.7 Å². The number of likely N-dealkylation sites (tertiary alicyclic amines) is 2. The van der Waals surface area contributed by atoms with E-state index >= 15 is 0 Å². The Balaban J connectivity index is 0.00000342. The molecule has 35 heavy (non-hydrogen) atoms. The molecule has 0 aliphatic carbocycles. The molecule has 2 aliphatic rings. The number of nitrogens with zero attached hydrogens (tertiary/aromatic N) is 2. The standard InChI is InChI=1S/C27H33ClF2N2O2.ClH/c1-16(2)31-14-23(22-10-9-21(29)13-25(22)30)24(15-31)26(33)32-12-11-17(3)27(34,18(32)4)19-5-7-20(28)8-6-19;/h5-10,13,16-18,23-24,34H,11-12,14-15H2,1-4H3;1H/t17-,18-,23-,24+,27-;/m0./s1. The first-order chi connectivity index (χ1) is 16.0. The van der Waals surface area contributed by atoms with E-state index in [1.54, 1.807) is 17.0 Å². The molecule has 0 radical (unpaired) electrons. The lowest BCUT2D eigenvalue weighted by molar-refractivity contribution is -0.159. The second kappa shape index (κ2) is 10.7. The van der Waals surface area contributed by atoms with Gasteiger partial charge in [0.05, 0.1) is 12.0 Å². The van der Waals surface area contributed by atoms with E-state index in [0.717, 1.165) is 11.6 Å². The van der Waals surface area contributed by atoms with Crippen molar-refractivity contribution in [3.05, 3.63) is 70.2 Å². The van der Waals surface area contributed by atoms with Crippen LogP contribution in [0.1, 0.15) is 51.2 Å². The minimum atomic E-state index is -1.23. The molecule has 2 aromatic carbocycles. The van der Waals surface area contributed by atoms with E-state index in [1.165, 1.54) is 12.1 Å². The molecule has 4 rings (SSSR count). The number of benzene rings is 2. The molecular weight excluding hydrogens is 493 g/mol. The molecule has 0 spiro atoms. The van der Waals surface area contributed by atoms with Crippen LogP contribution in [0.4, 0.5) is 8.78 Å². The Labute approximate surface area is 217 Å². The average molecular weight is 527 g/mol. The van der Waals surface area contributed by atoms with Crippen molar-refractivity contribution in [2.75, 3.05) is 19.6 Å². The van der Waals surface area contributed by atoms with Gasteiger partial charge in [0.25, 0.3) is 0 Å². The highest BCUT2D eigenvalue weighted by Gasteiger charge is 2.51. The van der Waals surface area contributed by atoms with Crippen LogP contribution in [0.25, 0.3) is 0 Å². The van der Waals surface area contributed by atoms with Crippen molar-refractivity contribution in [2.45, 2.75) is 57.7 Å². The van der Waals surface area contributed by atoms with Crippen LogP contribution in [0, 0.1) is 23.5 Å². The van der Waals surface area contributed by atoms with Gasteiger partial charge in [-0.05, 0) is 62.4 Å². The largest absolute Gasteiger partial charge is 0.383 e. The Morgan fingerprint density at radius 2 is 1.77 bits per heavy atom. The molecule has 0 bridgehead atoms. The van der Waals surface area contributed by atoms with Crippen molar-refractivity contribution in [1.29, 1.82) is 0 Å². The molecule has 2 heterocycles. The molecule has 2 aliphatic heterocycles. The van der Waals surface area contributed by atoms with Crippen LogP contribution in [0.5, 0.6) is 0 Å². The first kappa shape index (κ1) is 27.9. The van der Waals surface area contributed by atoms with Gasteiger partial charge >= 0.3 is 0 Å². The van der Waals surface area contributed by atoms with Gasteiger partial charge in [0, 0.05) is 42.7 Å². The van der Waals surface area contributed by atoms with Crippen molar-refractivity contribution in [1.82, 2.24) is 9.80 Å². The van der Waals surface area contributed by atoms with Crippen molar-refractivity contribution in [2.24, 2.45) is 11.8 Å². The fourth-order valence-electron chi connectivity index (χ4n) is 5.78. The topological polar surface area (TPSA) is 43.8 Å². The van der Waals surface area contributed by atoms with Crippen LogP contribution >= 0.6 is 24.0 Å². The van der Waals surface area contributed by atoms with Crippen LogP contribution in [-0.4, -0.2) is 52.5 Å². The summed E-state index contributed by atoms with van der Waals surface area (Å²) in [6.07, 6.45) is 0.644. The second-order valence-corrected chi connectivity index (χ2v) is 10.6. The van der Waals surface area contributed by atoms with E-state index < -0.39 is 29.2 Å². The average Bonchev–Trinajstić information content (AvgIpc) is 3.23. The van der Waals surface area contributed by atoms with Gasteiger partial charge in [-0.25, -0.2) is 8.78 Å². The molecule has 1 N–H and O–H groups in total. The van der Waals surface area contributed by atoms with Gasteiger partial charge in [0.15, 0.2) is 0 Å². The summed E-state index contributed by atoms with van der Waals surface area (Å²) in [5.41, 5.74) is -0.134. The lowest BCUT2D eigenvalue weighted by Gasteiger charge is -2.50. The third-order valence-corrected chi connectivity index (χ3v) is 8.26. The van der Waals surface area contributed by atoms with E-state index in [4.69, 9.17) is 11.6 Å². The zero-order chi connectivity index (χ0) is 24.8. The van der Waals surface area contributed by atoms with Gasteiger partial charge in [-0.2, -0.15) is 0 Å². The van der Waals surface area contributed by atoms with Crippen molar-refractivity contribution in [3.63, 3.8) is 0 Å².